The maximum absolute atomic E-state index is 11.9. The second-order valence-corrected chi connectivity index (χ2v) is 6.03. The molecule has 0 atom stereocenters. The third kappa shape index (κ3) is 4.97. The summed E-state index contributed by atoms with van der Waals surface area (Å²) in [7, 11) is 0. The van der Waals surface area contributed by atoms with Crippen LogP contribution in [0.4, 0.5) is 10.6 Å². The molecule has 7 heteroatoms. The highest BCUT2D eigenvalue weighted by atomic mass is 35.5. The van der Waals surface area contributed by atoms with Crippen LogP contribution in [0.1, 0.15) is 13.8 Å². The van der Waals surface area contributed by atoms with E-state index < -0.39 is 0 Å². The van der Waals surface area contributed by atoms with Gasteiger partial charge in [0, 0.05) is 23.2 Å². The van der Waals surface area contributed by atoms with Crippen molar-refractivity contribution in [2.45, 2.75) is 20.4 Å². The summed E-state index contributed by atoms with van der Waals surface area (Å²) in [5.74, 6) is 0.901. The highest BCUT2D eigenvalue weighted by Crippen LogP contribution is 2.23. The number of hydrogen-bond acceptors (Lipinski definition) is 3. The van der Waals surface area contributed by atoms with E-state index in [1.807, 2.05) is 26.0 Å². The summed E-state index contributed by atoms with van der Waals surface area (Å²) >= 11 is 5.89. The number of aliphatic hydroxyl groups excluding tert-OH is 1. The van der Waals surface area contributed by atoms with Gasteiger partial charge in [-0.3, -0.25) is 5.32 Å². The first kappa shape index (κ1) is 17.3. The molecular formula is C16H21ClN4O2. The van der Waals surface area contributed by atoms with E-state index in [4.69, 9.17) is 16.7 Å². The van der Waals surface area contributed by atoms with Crippen molar-refractivity contribution in [2.24, 2.45) is 5.92 Å². The van der Waals surface area contributed by atoms with Gasteiger partial charge in [0.25, 0.3) is 0 Å². The van der Waals surface area contributed by atoms with Crippen LogP contribution in [0.25, 0.3) is 11.3 Å². The Kier molecular flexibility index (Phi) is 6.01. The largest absolute Gasteiger partial charge is 0.394 e. The Morgan fingerprint density at radius 2 is 2.04 bits per heavy atom. The molecule has 0 radical (unpaired) electrons. The van der Waals surface area contributed by atoms with Gasteiger partial charge in [-0.05, 0) is 18.1 Å². The summed E-state index contributed by atoms with van der Waals surface area (Å²) in [5, 5.41) is 19.8. The molecule has 1 heterocycles. The van der Waals surface area contributed by atoms with E-state index >= 15 is 0 Å². The number of anilines is 1. The number of nitrogens with one attached hydrogen (secondary N) is 2. The zero-order chi connectivity index (χ0) is 16.8. The lowest BCUT2D eigenvalue weighted by Gasteiger charge is -2.10. The number of rotatable bonds is 6. The molecule has 6 nitrogen and oxygen atoms in total. The Bertz CT molecular complexity index is 653. The van der Waals surface area contributed by atoms with Crippen molar-refractivity contribution in [3.63, 3.8) is 0 Å². The van der Waals surface area contributed by atoms with Crippen LogP contribution < -0.4 is 10.6 Å². The average Bonchev–Trinajstić information content (AvgIpc) is 2.89. The van der Waals surface area contributed by atoms with E-state index in [2.05, 4.69) is 15.7 Å². The van der Waals surface area contributed by atoms with Crippen LogP contribution in [0, 0.1) is 5.92 Å². The molecular weight excluding hydrogens is 316 g/mol. The van der Waals surface area contributed by atoms with E-state index in [-0.39, 0.29) is 12.6 Å². The van der Waals surface area contributed by atoms with Crippen LogP contribution in [0.2, 0.25) is 5.02 Å². The monoisotopic (exact) mass is 336 g/mol. The zero-order valence-corrected chi connectivity index (χ0v) is 14.0. The first-order chi connectivity index (χ1) is 11.0. The van der Waals surface area contributed by atoms with Crippen molar-refractivity contribution in [2.75, 3.05) is 18.5 Å². The molecule has 0 bridgehead atoms. The number of halogens is 1. The normalized spacial score (nSPS) is 10.8. The van der Waals surface area contributed by atoms with Crippen LogP contribution in [0.3, 0.4) is 0 Å². The summed E-state index contributed by atoms with van der Waals surface area (Å²) in [6.45, 7) is 4.87. The van der Waals surface area contributed by atoms with Crippen molar-refractivity contribution >= 4 is 23.4 Å². The third-order valence-corrected chi connectivity index (χ3v) is 3.40. The van der Waals surface area contributed by atoms with Gasteiger partial charge in [-0.1, -0.05) is 37.6 Å². The molecule has 124 valence electrons. The Labute approximate surface area is 140 Å². The topological polar surface area (TPSA) is 79.2 Å². The van der Waals surface area contributed by atoms with Gasteiger partial charge in [0.05, 0.1) is 18.8 Å². The van der Waals surface area contributed by atoms with E-state index in [0.717, 1.165) is 5.56 Å². The van der Waals surface area contributed by atoms with Crippen LogP contribution in [0.5, 0.6) is 0 Å². The quantitative estimate of drug-likeness (QED) is 0.758. The lowest BCUT2D eigenvalue weighted by atomic mass is 10.1. The molecule has 3 N–H and O–H groups in total. The number of benzene rings is 1. The van der Waals surface area contributed by atoms with Gasteiger partial charge in [0.1, 0.15) is 5.82 Å². The van der Waals surface area contributed by atoms with E-state index in [1.54, 1.807) is 22.9 Å². The number of aliphatic hydroxyl groups is 1. The van der Waals surface area contributed by atoms with Crippen LogP contribution in [-0.2, 0) is 6.54 Å². The molecule has 0 fully saturated rings. The first-order valence-electron chi connectivity index (χ1n) is 7.49. The molecule has 2 rings (SSSR count). The van der Waals surface area contributed by atoms with E-state index in [1.165, 1.54) is 0 Å². The molecule has 0 saturated heterocycles. The first-order valence-corrected chi connectivity index (χ1v) is 7.87. The smallest absolute Gasteiger partial charge is 0.320 e. The molecule has 23 heavy (non-hydrogen) atoms. The average molecular weight is 337 g/mol. The Balaban J connectivity index is 2.17. The fourth-order valence-corrected chi connectivity index (χ4v) is 2.13. The highest BCUT2D eigenvalue weighted by molar-refractivity contribution is 6.30. The number of urea groups is 1. The molecule has 0 aliphatic carbocycles. The second-order valence-electron chi connectivity index (χ2n) is 5.60. The second kappa shape index (κ2) is 7.99. The van der Waals surface area contributed by atoms with Gasteiger partial charge in [-0.15, -0.1) is 0 Å². The summed E-state index contributed by atoms with van der Waals surface area (Å²) in [4.78, 5) is 11.9. The molecule has 0 aliphatic rings. The fraction of sp³-hybridized carbons (Fsp3) is 0.375. The van der Waals surface area contributed by atoms with Crippen LogP contribution in [-0.4, -0.2) is 34.1 Å². The molecule has 1 aromatic heterocycles. The maximum atomic E-state index is 11.9. The molecule has 0 spiro atoms. The van der Waals surface area contributed by atoms with Gasteiger partial charge < -0.3 is 10.4 Å². The molecule has 1 aromatic carbocycles. The van der Waals surface area contributed by atoms with Gasteiger partial charge in [-0.25, -0.2) is 9.48 Å². The Morgan fingerprint density at radius 3 is 2.65 bits per heavy atom. The number of amides is 2. The molecule has 0 unspecified atom stereocenters. The molecule has 2 aromatic rings. The predicted octanol–water partition coefficient (Wildman–Crippen LogP) is 2.97. The lowest BCUT2D eigenvalue weighted by molar-refractivity contribution is 0.250. The van der Waals surface area contributed by atoms with Crippen molar-refractivity contribution in [1.29, 1.82) is 0 Å². The maximum Gasteiger partial charge on any atom is 0.320 e. The third-order valence-electron chi connectivity index (χ3n) is 3.14. The molecule has 0 saturated carbocycles. The minimum atomic E-state index is -0.291. The van der Waals surface area contributed by atoms with Crippen molar-refractivity contribution in [1.82, 2.24) is 15.1 Å². The van der Waals surface area contributed by atoms with Gasteiger partial charge >= 0.3 is 6.03 Å². The molecule has 0 aliphatic heterocycles. The number of aromatic nitrogens is 2. The lowest BCUT2D eigenvalue weighted by Crippen LogP contribution is -2.32. The zero-order valence-electron chi connectivity index (χ0n) is 13.2. The number of nitrogens with zero attached hydrogens (tertiary/aromatic N) is 2. The standard InChI is InChI=1S/C16H21ClN4O2/c1-11(2)10-18-16(23)19-15-9-14(20-21(15)7-8-22)12-3-5-13(17)6-4-12/h3-6,9,11,22H,7-8,10H2,1-2H3,(H2,18,19,23). The molecule has 2 amide bonds. The van der Waals surface area contributed by atoms with Gasteiger partial charge in [0.15, 0.2) is 0 Å². The number of hydrogen-bond donors (Lipinski definition) is 3. The Morgan fingerprint density at radius 1 is 1.35 bits per heavy atom. The fourth-order valence-electron chi connectivity index (χ4n) is 2.00. The number of carbonyl (C=O) groups excluding carboxylic acids is 1. The highest BCUT2D eigenvalue weighted by Gasteiger charge is 2.12. The summed E-state index contributed by atoms with van der Waals surface area (Å²) in [6, 6.07) is 8.76. The predicted molar refractivity (Wildman–Crippen MR) is 91.6 cm³/mol. The van der Waals surface area contributed by atoms with E-state index in [0.29, 0.717) is 35.5 Å². The summed E-state index contributed by atoms with van der Waals surface area (Å²) in [6.07, 6.45) is 0. The minimum Gasteiger partial charge on any atom is -0.394 e. The van der Waals surface area contributed by atoms with Crippen molar-refractivity contribution < 1.29 is 9.90 Å². The van der Waals surface area contributed by atoms with Crippen LogP contribution >= 0.6 is 11.6 Å². The minimum absolute atomic E-state index is 0.0654. The summed E-state index contributed by atoms with van der Waals surface area (Å²) < 4.78 is 1.57. The van der Waals surface area contributed by atoms with E-state index in [9.17, 15) is 4.79 Å². The van der Waals surface area contributed by atoms with Crippen molar-refractivity contribution in [3.05, 3.63) is 35.4 Å². The van der Waals surface area contributed by atoms with Crippen LogP contribution in [0.15, 0.2) is 30.3 Å². The van der Waals surface area contributed by atoms with Crippen molar-refractivity contribution in [3.8, 4) is 11.3 Å². The Hall–Kier alpha value is -2.05. The van der Waals surface area contributed by atoms with Gasteiger partial charge in [0.2, 0.25) is 0 Å². The summed E-state index contributed by atoms with van der Waals surface area (Å²) in [5.41, 5.74) is 1.59. The SMILES string of the molecule is CC(C)CNC(=O)Nc1cc(-c2ccc(Cl)cc2)nn1CCO. The van der Waals surface area contributed by atoms with Gasteiger partial charge in [-0.2, -0.15) is 5.10 Å². The number of carbonyl (C=O) groups is 1.